The van der Waals surface area contributed by atoms with Crippen molar-refractivity contribution in [1.29, 1.82) is 0 Å². The third-order valence-electron chi connectivity index (χ3n) is 2.50. The molecular formula is C11H7F5N2. The Kier molecular flexibility index (Phi) is 2.71. The van der Waals surface area contributed by atoms with Crippen molar-refractivity contribution >= 4 is 5.71 Å². The molecule has 0 saturated heterocycles. The summed E-state index contributed by atoms with van der Waals surface area (Å²) in [6, 6.07) is 2.09. The van der Waals surface area contributed by atoms with E-state index in [-0.39, 0.29) is 6.54 Å². The molecule has 0 bridgehead atoms. The van der Waals surface area contributed by atoms with Gasteiger partial charge in [-0.1, -0.05) is 6.58 Å². The molecule has 0 atom stereocenters. The normalized spacial score (nSPS) is 18.9. The maximum absolute atomic E-state index is 13.6. The van der Waals surface area contributed by atoms with Crippen LogP contribution in [0, 0.1) is 0 Å². The first-order valence-electron chi connectivity index (χ1n) is 4.88. The fraction of sp³-hybridized carbons (Fsp3) is 0.273. The molecule has 2 rings (SSSR count). The van der Waals surface area contributed by atoms with Gasteiger partial charge in [0, 0.05) is 17.3 Å². The lowest BCUT2D eigenvalue weighted by molar-refractivity contribution is -0.141. The quantitative estimate of drug-likeness (QED) is 0.564. The van der Waals surface area contributed by atoms with Gasteiger partial charge in [0.2, 0.25) is 0 Å². The highest BCUT2D eigenvalue weighted by Gasteiger charge is 2.47. The fourth-order valence-corrected chi connectivity index (χ4v) is 1.62. The number of aromatic nitrogens is 1. The highest BCUT2D eigenvalue weighted by Crippen LogP contribution is 2.37. The predicted octanol–water partition coefficient (Wildman–Crippen LogP) is 3.09. The van der Waals surface area contributed by atoms with Crippen molar-refractivity contribution in [2.24, 2.45) is 4.99 Å². The monoisotopic (exact) mass is 262 g/mol. The molecule has 0 radical (unpaired) electrons. The largest absolute Gasteiger partial charge is 0.434 e. The first kappa shape index (κ1) is 12.7. The Morgan fingerprint density at radius 2 is 1.94 bits per heavy atom. The number of hydrogen-bond donors (Lipinski definition) is 0. The van der Waals surface area contributed by atoms with Crippen LogP contribution in [0.4, 0.5) is 22.0 Å². The fourth-order valence-electron chi connectivity index (χ4n) is 1.62. The second kappa shape index (κ2) is 3.86. The molecule has 2 nitrogen and oxygen atoms in total. The first-order chi connectivity index (χ1) is 8.24. The first-order valence-corrected chi connectivity index (χ1v) is 4.88. The van der Waals surface area contributed by atoms with Crippen LogP contribution in [0.1, 0.15) is 11.3 Å². The summed E-state index contributed by atoms with van der Waals surface area (Å²) in [5.74, 6) is -3.55. The van der Waals surface area contributed by atoms with Crippen LogP contribution >= 0.6 is 0 Å². The minimum atomic E-state index is -4.81. The molecule has 1 aliphatic heterocycles. The molecular weight excluding hydrogens is 255 g/mol. The molecule has 0 unspecified atom stereocenters. The molecule has 0 spiro atoms. The van der Waals surface area contributed by atoms with Crippen LogP contribution in [0.3, 0.4) is 0 Å². The van der Waals surface area contributed by atoms with Crippen LogP contribution < -0.4 is 0 Å². The van der Waals surface area contributed by atoms with Crippen molar-refractivity contribution in [1.82, 2.24) is 4.98 Å². The zero-order valence-electron chi connectivity index (χ0n) is 8.93. The van der Waals surface area contributed by atoms with Gasteiger partial charge in [-0.2, -0.15) is 22.0 Å². The number of aliphatic imine (C=N–C) groups is 1. The zero-order chi connectivity index (χ0) is 13.6. The van der Waals surface area contributed by atoms with Gasteiger partial charge in [0.15, 0.2) is 5.69 Å². The number of halogens is 5. The third-order valence-corrected chi connectivity index (χ3v) is 2.50. The van der Waals surface area contributed by atoms with Gasteiger partial charge in [-0.3, -0.25) is 9.98 Å². The maximum Gasteiger partial charge on any atom is 0.434 e. The van der Waals surface area contributed by atoms with Crippen LogP contribution in [-0.2, 0) is 6.18 Å². The van der Waals surface area contributed by atoms with E-state index in [0.29, 0.717) is 0 Å². The minimum absolute atomic E-state index is 0.380. The SMILES string of the molecule is C=C1CN=C(c2cccnc2C(F)(F)F)C1(F)F. The molecule has 0 fully saturated rings. The van der Waals surface area contributed by atoms with Crippen molar-refractivity contribution in [3.05, 3.63) is 41.7 Å². The number of nitrogens with zero attached hydrogens (tertiary/aromatic N) is 2. The molecule has 2 heterocycles. The van der Waals surface area contributed by atoms with Crippen molar-refractivity contribution in [3.63, 3.8) is 0 Å². The number of alkyl halides is 5. The lowest BCUT2D eigenvalue weighted by Gasteiger charge is -2.16. The molecule has 1 aliphatic rings. The van der Waals surface area contributed by atoms with E-state index in [4.69, 9.17) is 0 Å². The Morgan fingerprint density at radius 3 is 2.44 bits per heavy atom. The van der Waals surface area contributed by atoms with Crippen LogP contribution in [0.25, 0.3) is 0 Å². The van der Waals surface area contributed by atoms with Gasteiger partial charge >= 0.3 is 12.1 Å². The summed E-state index contributed by atoms with van der Waals surface area (Å²) >= 11 is 0. The Morgan fingerprint density at radius 1 is 1.28 bits per heavy atom. The van der Waals surface area contributed by atoms with Crippen LogP contribution in [0.2, 0.25) is 0 Å². The van der Waals surface area contributed by atoms with Gasteiger partial charge < -0.3 is 0 Å². The number of hydrogen-bond acceptors (Lipinski definition) is 2. The van der Waals surface area contributed by atoms with E-state index < -0.39 is 34.6 Å². The van der Waals surface area contributed by atoms with E-state index >= 15 is 0 Å². The lowest BCUT2D eigenvalue weighted by atomic mass is 10.0. The second-order valence-electron chi connectivity index (χ2n) is 3.74. The molecule has 96 valence electrons. The topological polar surface area (TPSA) is 25.2 Å². The summed E-state index contributed by atoms with van der Waals surface area (Å²) in [6.07, 6.45) is -3.91. The summed E-state index contributed by atoms with van der Waals surface area (Å²) in [5.41, 5.74) is -3.51. The highest BCUT2D eigenvalue weighted by atomic mass is 19.4. The summed E-state index contributed by atoms with van der Waals surface area (Å²) in [6.45, 7) is 2.73. The average Bonchev–Trinajstić information content (AvgIpc) is 2.53. The molecule has 0 N–H and O–H groups in total. The second-order valence-corrected chi connectivity index (χ2v) is 3.74. The smallest absolute Gasteiger partial charge is 0.278 e. The number of pyridine rings is 1. The van der Waals surface area contributed by atoms with E-state index in [1.165, 1.54) is 0 Å². The molecule has 7 heteroatoms. The molecule has 0 amide bonds. The van der Waals surface area contributed by atoms with Gasteiger partial charge in [0.05, 0.1) is 6.54 Å². The summed E-state index contributed by atoms with van der Waals surface area (Å²) in [7, 11) is 0. The minimum Gasteiger partial charge on any atom is -0.278 e. The molecule has 0 aliphatic carbocycles. The Bertz CT molecular complexity index is 530. The van der Waals surface area contributed by atoms with Crippen molar-refractivity contribution in [2.75, 3.05) is 6.54 Å². The van der Waals surface area contributed by atoms with Gasteiger partial charge in [0.1, 0.15) is 5.71 Å². The third kappa shape index (κ3) is 1.89. The van der Waals surface area contributed by atoms with E-state index in [0.717, 1.165) is 18.3 Å². The molecule has 18 heavy (non-hydrogen) atoms. The molecule has 1 aromatic heterocycles. The van der Waals surface area contributed by atoms with E-state index in [1.54, 1.807) is 0 Å². The van der Waals surface area contributed by atoms with Crippen LogP contribution in [-0.4, -0.2) is 23.2 Å². The Labute approximate surface area is 98.9 Å². The highest BCUT2D eigenvalue weighted by molar-refractivity contribution is 6.10. The summed E-state index contributed by atoms with van der Waals surface area (Å²) < 4.78 is 65.3. The van der Waals surface area contributed by atoms with Gasteiger partial charge in [-0.05, 0) is 12.1 Å². The van der Waals surface area contributed by atoms with E-state index in [1.807, 2.05) is 0 Å². The zero-order valence-corrected chi connectivity index (χ0v) is 8.93. The van der Waals surface area contributed by atoms with Gasteiger partial charge in [-0.15, -0.1) is 0 Å². The maximum atomic E-state index is 13.6. The lowest BCUT2D eigenvalue weighted by Crippen LogP contribution is -2.29. The van der Waals surface area contributed by atoms with Gasteiger partial charge in [-0.25, -0.2) is 0 Å². The van der Waals surface area contributed by atoms with E-state index in [9.17, 15) is 22.0 Å². The van der Waals surface area contributed by atoms with Crippen LogP contribution in [0.5, 0.6) is 0 Å². The molecule has 0 aromatic carbocycles. The van der Waals surface area contributed by atoms with Crippen molar-refractivity contribution in [3.8, 4) is 0 Å². The standard InChI is InChI=1S/C11H7F5N2/c1-6-5-18-8(10(6,12)13)7-3-2-4-17-9(7)11(14,15)16/h2-4H,1,5H2. The summed E-state index contributed by atoms with van der Waals surface area (Å²) in [5, 5.41) is 0. The Hall–Kier alpha value is -1.79. The molecule has 0 saturated carbocycles. The number of rotatable bonds is 1. The van der Waals surface area contributed by atoms with Crippen molar-refractivity contribution < 1.29 is 22.0 Å². The Balaban J connectivity index is 2.57. The van der Waals surface area contributed by atoms with E-state index in [2.05, 4.69) is 16.6 Å². The molecule has 1 aromatic rings. The predicted molar refractivity (Wildman–Crippen MR) is 54.7 cm³/mol. The van der Waals surface area contributed by atoms with Crippen molar-refractivity contribution in [2.45, 2.75) is 12.1 Å². The van der Waals surface area contributed by atoms with Crippen LogP contribution in [0.15, 0.2) is 35.5 Å². The average molecular weight is 262 g/mol. The summed E-state index contributed by atoms with van der Waals surface area (Å²) in [4.78, 5) is 6.56. The van der Waals surface area contributed by atoms with Gasteiger partial charge in [0.25, 0.3) is 0 Å².